The summed E-state index contributed by atoms with van der Waals surface area (Å²) in [5.74, 6) is 0. The lowest BCUT2D eigenvalue weighted by molar-refractivity contribution is -0.384. The van der Waals surface area contributed by atoms with Gasteiger partial charge >= 0.3 is 0 Å². The van der Waals surface area contributed by atoms with Gasteiger partial charge in [0.05, 0.1) is 10.6 Å². The number of azo groups is 1. The van der Waals surface area contributed by atoms with Crippen molar-refractivity contribution < 1.29 is 4.92 Å². The topological polar surface area (TPSA) is 67.9 Å². The van der Waals surface area contributed by atoms with E-state index in [4.69, 9.17) is 5.11 Å². The number of rotatable bonds is 6. The molecule has 0 spiro atoms. The van der Waals surface area contributed by atoms with E-state index in [-0.39, 0.29) is 5.69 Å². The highest BCUT2D eigenvalue weighted by Crippen LogP contribution is 2.41. The fourth-order valence-corrected chi connectivity index (χ4v) is 3.49. The minimum Gasteiger partial charge on any atom is -0.258 e. The molecule has 30 heavy (non-hydrogen) atoms. The molecule has 5 heteroatoms. The molecule has 0 aliphatic rings. The number of hydrogen-bond acceptors (Lipinski definition) is 4. The Hall–Kier alpha value is -4.12. The molecule has 0 unspecified atom stereocenters. The molecule has 5 nitrogen and oxygen atoms in total. The van der Waals surface area contributed by atoms with Crippen LogP contribution < -0.4 is 0 Å². The summed E-state index contributed by atoms with van der Waals surface area (Å²) in [5.41, 5.74) is 2.65. The molecule has 0 bridgehead atoms. The monoisotopic (exact) mass is 393 g/mol. The van der Waals surface area contributed by atoms with Crippen molar-refractivity contribution in [2.45, 2.75) is 5.54 Å². The van der Waals surface area contributed by atoms with Gasteiger partial charge in [-0.15, -0.1) is 0 Å². The summed E-state index contributed by atoms with van der Waals surface area (Å²) < 4.78 is 0. The van der Waals surface area contributed by atoms with Gasteiger partial charge < -0.3 is 0 Å². The summed E-state index contributed by atoms with van der Waals surface area (Å²) in [6, 6.07) is 36.1. The van der Waals surface area contributed by atoms with Crippen molar-refractivity contribution in [2.75, 3.05) is 0 Å². The Bertz CT molecular complexity index is 1050. The molecule has 0 heterocycles. The number of nitro benzene ring substituents is 1. The van der Waals surface area contributed by atoms with Crippen LogP contribution in [0.15, 0.2) is 125 Å². The average Bonchev–Trinajstić information content (AvgIpc) is 2.82. The van der Waals surface area contributed by atoms with Crippen LogP contribution in [0.2, 0.25) is 0 Å². The van der Waals surface area contributed by atoms with Gasteiger partial charge in [-0.05, 0) is 28.8 Å². The quantitative estimate of drug-likeness (QED) is 0.159. The maximum absolute atomic E-state index is 10.9. The van der Waals surface area contributed by atoms with E-state index in [1.807, 2.05) is 91.0 Å². The van der Waals surface area contributed by atoms with Crippen LogP contribution in [-0.2, 0) is 5.54 Å². The second-order valence-electron chi connectivity index (χ2n) is 6.78. The van der Waals surface area contributed by atoms with E-state index in [2.05, 4.69) is 5.11 Å². The molecule has 0 aliphatic heterocycles. The van der Waals surface area contributed by atoms with Crippen molar-refractivity contribution in [3.8, 4) is 0 Å². The van der Waals surface area contributed by atoms with Crippen LogP contribution in [0.5, 0.6) is 0 Å². The number of nitrogens with zero attached hydrogens (tertiary/aromatic N) is 3. The zero-order valence-electron chi connectivity index (χ0n) is 16.1. The largest absolute Gasteiger partial charge is 0.269 e. The van der Waals surface area contributed by atoms with Crippen LogP contribution in [0, 0.1) is 10.1 Å². The van der Waals surface area contributed by atoms with Crippen LogP contribution in [0.3, 0.4) is 0 Å². The highest BCUT2D eigenvalue weighted by molar-refractivity contribution is 5.50. The zero-order chi connectivity index (χ0) is 20.8. The van der Waals surface area contributed by atoms with E-state index < -0.39 is 10.5 Å². The molecule has 0 aromatic heterocycles. The van der Waals surface area contributed by atoms with E-state index in [9.17, 15) is 10.1 Å². The van der Waals surface area contributed by atoms with Crippen LogP contribution in [0.25, 0.3) is 0 Å². The van der Waals surface area contributed by atoms with Gasteiger partial charge in [-0.2, -0.15) is 10.2 Å². The second-order valence-corrected chi connectivity index (χ2v) is 6.78. The predicted molar refractivity (Wildman–Crippen MR) is 117 cm³/mol. The maximum Gasteiger partial charge on any atom is 0.269 e. The predicted octanol–water partition coefficient (Wildman–Crippen LogP) is 6.67. The van der Waals surface area contributed by atoms with E-state index in [0.717, 1.165) is 16.7 Å². The van der Waals surface area contributed by atoms with Crippen molar-refractivity contribution in [3.63, 3.8) is 0 Å². The average molecular weight is 393 g/mol. The third-order valence-corrected chi connectivity index (χ3v) is 4.95. The Morgan fingerprint density at radius 2 is 1.00 bits per heavy atom. The molecule has 0 saturated heterocycles. The lowest BCUT2D eigenvalue weighted by Crippen LogP contribution is -2.26. The first-order valence-corrected chi connectivity index (χ1v) is 9.54. The smallest absolute Gasteiger partial charge is 0.258 e. The van der Waals surface area contributed by atoms with Crippen LogP contribution in [-0.4, -0.2) is 4.92 Å². The van der Waals surface area contributed by atoms with Crippen LogP contribution >= 0.6 is 0 Å². The summed E-state index contributed by atoms with van der Waals surface area (Å²) in [5, 5.41) is 20.3. The summed E-state index contributed by atoms with van der Waals surface area (Å²) in [7, 11) is 0. The molecule has 4 aromatic carbocycles. The van der Waals surface area contributed by atoms with Gasteiger partial charge in [-0.1, -0.05) is 91.0 Å². The first kappa shape index (κ1) is 19.2. The second kappa shape index (κ2) is 8.49. The minimum absolute atomic E-state index is 0.0226. The Morgan fingerprint density at radius 3 is 1.37 bits per heavy atom. The van der Waals surface area contributed by atoms with Gasteiger partial charge in [0.25, 0.3) is 5.69 Å². The Morgan fingerprint density at radius 1 is 0.600 bits per heavy atom. The number of hydrogen-bond donors (Lipinski definition) is 0. The third-order valence-electron chi connectivity index (χ3n) is 4.95. The van der Waals surface area contributed by atoms with E-state index in [1.165, 1.54) is 12.1 Å². The third kappa shape index (κ3) is 3.73. The summed E-state index contributed by atoms with van der Waals surface area (Å²) in [6.45, 7) is 0. The fourth-order valence-electron chi connectivity index (χ4n) is 3.49. The molecule has 0 aliphatic carbocycles. The molecular weight excluding hydrogens is 374 g/mol. The van der Waals surface area contributed by atoms with Crippen molar-refractivity contribution >= 4 is 11.4 Å². The van der Waals surface area contributed by atoms with E-state index in [1.54, 1.807) is 12.1 Å². The highest BCUT2D eigenvalue weighted by atomic mass is 16.6. The lowest BCUT2D eigenvalue weighted by Gasteiger charge is -2.30. The van der Waals surface area contributed by atoms with Crippen molar-refractivity contribution in [1.82, 2.24) is 0 Å². The van der Waals surface area contributed by atoms with Gasteiger partial charge in [0.1, 0.15) is 0 Å². The first-order valence-electron chi connectivity index (χ1n) is 9.54. The number of non-ortho nitro benzene ring substituents is 1. The minimum atomic E-state index is -0.856. The standard InChI is InChI=1S/C25H19N3O2/c29-28(30)24-18-16-23(17-19-24)26-27-25(20-10-4-1-5-11-20,21-12-6-2-7-13-21)22-14-8-3-9-15-22/h1-19H. The number of nitro groups is 1. The maximum atomic E-state index is 10.9. The summed E-state index contributed by atoms with van der Waals surface area (Å²) in [4.78, 5) is 10.5. The molecule has 0 saturated carbocycles. The van der Waals surface area contributed by atoms with Crippen LogP contribution in [0.4, 0.5) is 11.4 Å². The van der Waals surface area contributed by atoms with Crippen molar-refractivity contribution in [2.24, 2.45) is 10.2 Å². The molecule has 0 fully saturated rings. The Labute approximate surface area is 174 Å². The fraction of sp³-hybridized carbons (Fsp3) is 0.0400. The SMILES string of the molecule is O=[N+]([O-])c1ccc(N=NC(c2ccccc2)(c2ccccc2)c2ccccc2)cc1. The van der Waals surface area contributed by atoms with Gasteiger partial charge in [0.15, 0.2) is 5.54 Å². The van der Waals surface area contributed by atoms with Crippen molar-refractivity contribution in [1.29, 1.82) is 0 Å². The zero-order valence-corrected chi connectivity index (χ0v) is 16.1. The summed E-state index contributed by atoms with van der Waals surface area (Å²) >= 11 is 0. The molecule has 146 valence electrons. The van der Waals surface area contributed by atoms with Crippen LogP contribution in [0.1, 0.15) is 16.7 Å². The van der Waals surface area contributed by atoms with Gasteiger partial charge in [-0.25, -0.2) is 0 Å². The highest BCUT2D eigenvalue weighted by Gasteiger charge is 2.36. The first-order chi connectivity index (χ1) is 14.7. The molecule has 0 radical (unpaired) electrons. The van der Waals surface area contributed by atoms with Gasteiger partial charge in [-0.3, -0.25) is 10.1 Å². The van der Waals surface area contributed by atoms with E-state index >= 15 is 0 Å². The Kier molecular flexibility index (Phi) is 5.44. The Balaban J connectivity index is 1.92. The number of benzene rings is 4. The van der Waals surface area contributed by atoms with Gasteiger partial charge in [0, 0.05) is 12.1 Å². The van der Waals surface area contributed by atoms with E-state index in [0.29, 0.717) is 5.69 Å². The molecule has 4 rings (SSSR count). The van der Waals surface area contributed by atoms with Crippen molar-refractivity contribution in [3.05, 3.63) is 142 Å². The molecule has 0 amide bonds. The van der Waals surface area contributed by atoms with Gasteiger partial charge in [0.2, 0.25) is 0 Å². The lowest BCUT2D eigenvalue weighted by atomic mass is 9.78. The molecule has 0 N–H and O–H groups in total. The molecular formula is C25H19N3O2. The summed E-state index contributed by atoms with van der Waals surface area (Å²) in [6.07, 6.45) is 0. The molecule has 4 aromatic rings. The molecule has 0 atom stereocenters. The normalized spacial score (nSPS) is 11.5.